The molecule has 1 aliphatic rings. The first kappa shape index (κ1) is 16.0. The summed E-state index contributed by atoms with van der Waals surface area (Å²) in [5, 5.41) is 9.57. The van der Waals surface area contributed by atoms with Crippen LogP contribution in [-0.2, 0) is 9.59 Å². The van der Waals surface area contributed by atoms with E-state index in [2.05, 4.69) is 15.8 Å². The van der Waals surface area contributed by atoms with E-state index in [9.17, 15) is 9.59 Å². The van der Waals surface area contributed by atoms with E-state index < -0.39 is 6.04 Å². The van der Waals surface area contributed by atoms with Crippen molar-refractivity contribution in [3.63, 3.8) is 0 Å². The van der Waals surface area contributed by atoms with E-state index in [1.807, 2.05) is 24.3 Å². The molecular formula is C17H20N4O3. The number of amides is 2. The number of aromatic nitrogens is 1. The Balaban J connectivity index is 1.64. The first-order valence-electron chi connectivity index (χ1n) is 7.94. The Morgan fingerprint density at radius 3 is 2.88 bits per heavy atom. The molecule has 24 heavy (non-hydrogen) atoms. The second kappa shape index (κ2) is 6.74. The third-order valence-electron chi connectivity index (χ3n) is 3.89. The maximum Gasteiger partial charge on any atom is 0.247 e. The van der Waals surface area contributed by atoms with Crippen LogP contribution in [0, 0.1) is 6.92 Å². The summed E-state index contributed by atoms with van der Waals surface area (Å²) in [5.41, 5.74) is 1.63. The largest absolute Gasteiger partial charge is 0.374 e. The molecule has 1 aromatic heterocycles. The number of carbonyl (C=O) groups is 2. The summed E-state index contributed by atoms with van der Waals surface area (Å²) in [6.07, 6.45) is 1.47. The summed E-state index contributed by atoms with van der Waals surface area (Å²) in [6, 6.07) is 8.71. The van der Waals surface area contributed by atoms with Gasteiger partial charge in [-0.2, -0.15) is 0 Å². The molecule has 0 aliphatic carbocycles. The first-order chi connectivity index (χ1) is 11.5. The summed E-state index contributed by atoms with van der Waals surface area (Å²) in [4.78, 5) is 25.8. The van der Waals surface area contributed by atoms with Crippen LogP contribution in [0.5, 0.6) is 0 Å². The molecule has 2 aromatic rings. The van der Waals surface area contributed by atoms with Crippen molar-refractivity contribution < 1.29 is 14.1 Å². The van der Waals surface area contributed by atoms with Crippen LogP contribution < -0.4 is 15.5 Å². The third kappa shape index (κ3) is 3.56. The number of aryl methyl sites for hydroxylation is 1. The molecule has 1 aliphatic heterocycles. The Morgan fingerprint density at radius 2 is 2.21 bits per heavy atom. The van der Waals surface area contributed by atoms with Crippen molar-refractivity contribution in [1.29, 1.82) is 0 Å². The van der Waals surface area contributed by atoms with Gasteiger partial charge < -0.3 is 20.1 Å². The lowest BCUT2D eigenvalue weighted by atomic mass is 10.2. The van der Waals surface area contributed by atoms with E-state index in [1.165, 1.54) is 0 Å². The number of nitrogens with zero attached hydrogens (tertiary/aromatic N) is 2. The molecule has 2 N–H and O–H groups in total. The first-order valence-corrected chi connectivity index (χ1v) is 7.94. The minimum atomic E-state index is -0.466. The topological polar surface area (TPSA) is 87.5 Å². The Kier molecular flexibility index (Phi) is 4.50. The lowest BCUT2D eigenvalue weighted by Crippen LogP contribution is -2.32. The summed E-state index contributed by atoms with van der Waals surface area (Å²) >= 11 is 0. The molecule has 1 unspecified atom stereocenters. The number of nitrogens with one attached hydrogen (secondary N) is 2. The average molecular weight is 328 g/mol. The van der Waals surface area contributed by atoms with Crippen LogP contribution in [0.15, 0.2) is 34.9 Å². The van der Waals surface area contributed by atoms with Crippen LogP contribution in [-0.4, -0.2) is 29.6 Å². The zero-order chi connectivity index (χ0) is 17.1. The molecule has 0 spiro atoms. The molecule has 3 rings (SSSR count). The zero-order valence-electron chi connectivity index (χ0n) is 13.7. The van der Waals surface area contributed by atoms with E-state index in [-0.39, 0.29) is 11.8 Å². The molecule has 0 radical (unpaired) electrons. The van der Waals surface area contributed by atoms with E-state index >= 15 is 0 Å². The molecule has 1 fully saturated rings. The Bertz CT molecular complexity index is 756. The number of hydrogen-bond donors (Lipinski definition) is 2. The fourth-order valence-electron chi connectivity index (χ4n) is 2.66. The smallest absolute Gasteiger partial charge is 0.247 e. The number of benzene rings is 1. The average Bonchev–Trinajstić information content (AvgIpc) is 3.16. The van der Waals surface area contributed by atoms with Gasteiger partial charge in [0, 0.05) is 30.4 Å². The van der Waals surface area contributed by atoms with Crippen LogP contribution in [0.25, 0.3) is 0 Å². The van der Waals surface area contributed by atoms with Crippen LogP contribution in [0.4, 0.5) is 17.2 Å². The number of carbonyl (C=O) groups excluding carboxylic acids is 2. The molecule has 0 bridgehead atoms. The Hall–Kier alpha value is -2.83. The molecule has 0 saturated carbocycles. The van der Waals surface area contributed by atoms with Crippen LogP contribution in [0.1, 0.15) is 25.5 Å². The minimum absolute atomic E-state index is 0.138. The molecule has 1 aromatic carbocycles. The number of rotatable bonds is 5. The maximum absolute atomic E-state index is 12.2. The van der Waals surface area contributed by atoms with Crippen LogP contribution in [0.2, 0.25) is 0 Å². The quantitative estimate of drug-likeness (QED) is 0.881. The van der Waals surface area contributed by atoms with Gasteiger partial charge in [-0.25, -0.2) is 0 Å². The van der Waals surface area contributed by atoms with Gasteiger partial charge in [-0.3, -0.25) is 9.59 Å². The van der Waals surface area contributed by atoms with Crippen molar-refractivity contribution in [1.82, 2.24) is 5.16 Å². The molecule has 7 nitrogen and oxygen atoms in total. The fraction of sp³-hybridized carbons (Fsp3) is 0.353. The highest BCUT2D eigenvalue weighted by Crippen LogP contribution is 2.24. The standard InChI is InChI=1S/C17H20N4O3/c1-11-9-15(20-24-11)19-17(23)12(2)18-13-5-3-6-14(10-13)21-8-4-7-16(21)22/h3,5-6,9-10,12,18H,4,7-8H2,1-2H3,(H,19,20,23). The van der Waals surface area contributed by atoms with E-state index in [0.717, 1.165) is 24.3 Å². The van der Waals surface area contributed by atoms with Crippen LogP contribution in [0.3, 0.4) is 0 Å². The summed E-state index contributed by atoms with van der Waals surface area (Å²) in [6.45, 7) is 4.26. The van der Waals surface area contributed by atoms with Crippen molar-refractivity contribution in [3.05, 3.63) is 36.1 Å². The van der Waals surface area contributed by atoms with Crippen molar-refractivity contribution in [2.75, 3.05) is 22.1 Å². The van der Waals surface area contributed by atoms with Gasteiger partial charge >= 0.3 is 0 Å². The van der Waals surface area contributed by atoms with E-state index in [1.54, 1.807) is 24.8 Å². The summed E-state index contributed by atoms with van der Waals surface area (Å²) in [5.74, 6) is 0.946. The lowest BCUT2D eigenvalue weighted by molar-refractivity contribution is -0.117. The van der Waals surface area contributed by atoms with Gasteiger partial charge in [0.05, 0.1) is 0 Å². The number of anilines is 3. The molecule has 7 heteroatoms. The van der Waals surface area contributed by atoms with Crippen LogP contribution >= 0.6 is 0 Å². The van der Waals surface area contributed by atoms with Gasteiger partial charge in [0.15, 0.2) is 5.82 Å². The molecule has 1 saturated heterocycles. The summed E-state index contributed by atoms with van der Waals surface area (Å²) < 4.78 is 4.92. The molecule has 1 atom stereocenters. The van der Waals surface area contributed by atoms with Gasteiger partial charge in [-0.1, -0.05) is 11.2 Å². The SMILES string of the molecule is Cc1cc(NC(=O)C(C)Nc2cccc(N3CCCC3=O)c2)no1. The van der Waals surface area contributed by atoms with Crippen molar-refractivity contribution in [3.8, 4) is 0 Å². The monoisotopic (exact) mass is 328 g/mol. The van der Waals surface area contributed by atoms with Gasteiger partial charge in [0.1, 0.15) is 11.8 Å². The molecule has 126 valence electrons. The van der Waals surface area contributed by atoms with Crippen molar-refractivity contribution >= 4 is 29.0 Å². The van der Waals surface area contributed by atoms with E-state index in [0.29, 0.717) is 18.0 Å². The van der Waals surface area contributed by atoms with Gasteiger partial charge in [-0.05, 0) is 38.5 Å². The number of hydrogen-bond acceptors (Lipinski definition) is 5. The van der Waals surface area contributed by atoms with Gasteiger partial charge in [-0.15, -0.1) is 0 Å². The van der Waals surface area contributed by atoms with Crippen molar-refractivity contribution in [2.24, 2.45) is 0 Å². The lowest BCUT2D eigenvalue weighted by Gasteiger charge is -2.19. The van der Waals surface area contributed by atoms with Gasteiger partial charge in [0.25, 0.3) is 0 Å². The highest BCUT2D eigenvalue weighted by atomic mass is 16.5. The highest BCUT2D eigenvalue weighted by molar-refractivity contribution is 5.97. The van der Waals surface area contributed by atoms with Crippen molar-refractivity contribution in [2.45, 2.75) is 32.7 Å². The predicted octanol–water partition coefficient (Wildman–Crippen LogP) is 2.55. The maximum atomic E-state index is 12.2. The summed E-state index contributed by atoms with van der Waals surface area (Å²) in [7, 11) is 0. The molecule has 2 heterocycles. The second-order valence-corrected chi connectivity index (χ2v) is 5.88. The Morgan fingerprint density at radius 1 is 1.38 bits per heavy atom. The fourth-order valence-corrected chi connectivity index (χ4v) is 2.66. The normalized spacial score (nSPS) is 15.4. The molecular weight excluding hydrogens is 308 g/mol. The second-order valence-electron chi connectivity index (χ2n) is 5.88. The predicted molar refractivity (Wildman–Crippen MR) is 91.0 cm³/mol. The minimum Gasteiger partial charge on any atom is -0.374 e. The zero-order valence-corrected chi connectivity index (χ0v) is 13.7. The third-order valence-corrected chi connectivity index (χ3v) is 3.89. The van der Waals surface area contributed by atoms with E-state index in [4.69, 9.17) is 4.52 Å². The Labute approximate surface area is 140 Å². The highest BCUT2D eigenvalue weighted by Gasteiger charge is 2.22. The molecule has 2 amide bonds. The van der Waals surface area contributed by atoms with Gasteiger partial charge in [0.2, 0.25) is 11.8 Å².